The molecule has 5 nitrogen and oxygen atoms in total. The van der Waals surface area contributed by atoms with Crippen molar-refractivity contribution in [3.8, 4) is 0 Å². The van der Waals surface area contributed by atoms with Gasteiger partial charge in [-0.25, -0.2) is 0 Å². The molecule has 0 aliphatic heterocycles. The molecular formula is C15H17F3N2O3. The first-order chi connectivity index (χ1) is 10.7. The standard InChI is InChI=1S/C15H17F3N2O3/c1-9-2-5-11(19-14(22)10-3-4-10)6-12(9)20-13(21)7-23-8-15(16,17)18/h2,5-6,10H,3-4,7-8H2,1H3,(H,19,22)(H,20,21). The van der Waals surface area contributed by atoms with E-state index in [0.717, 1.165) is 18.4 Å². The monoisotopic (exact) mass is 330 g/mol. The Morgan fingerprint density at radius 3 is 2.57 bits per heavy atom. The van der Waals surface area contributed by atoms with Gasteiger partial charge < -0.3 is 15.4 Å². The quantitative estimate of drug-likeness (QED) is 0.843. The van der Waals surface area contributed by atoms with Crippen LogP contribution < -0.4 is 10.6 Å². The molecule has 1 aromatic carbocycles. The predicted molar refractivity (Wildman–Crippen MR) is 78.0 cm³/mol. The first-order valence-corrected chi connectivity index (χ1v) is 7.10. The van der Waals surface area contributed by atoms with E-state index in [-0.39, 0.29) is 11.8 Å². The fourth-order valence-corrected chi connectivity index (χ4v) is 1.87. The summed E-state index contributed by atoms with van der Waals surface area (Å²) in [5.74, 6) is -0.715. The molecule has 0 spiro atoms. The van der Waals surface area contributed by atoms with E-state index in [2.05, 4.69) is 15.4 Å². The molecule has 1 aromatic rings. The molecule has 0 unspecified atom stereocenters. The smallest absolute Gasteiger partial charge is 0.362 e. The van der Waals surface area contributed by atoms with E-state index < -0.39 is 25.3 Å². The highest BCUT2D eigenvalue weighted by Gasteiger charge is 2.29. The highest BCUT2D eigenvalue weighted by Crippen LogP contribution is 2.30. The van der Waals surface area contributed by atoms with Crippen LogP contribution in [-0.2, 0) is 14.3 Å². The average molecular weight is 330 g/mol. The molecule has 1 aliphatic carbocycles. The van der Waals surface area contributed by atoms with Gasteiger partial charge in [-0.1, -0.05) is 6.07 Å². The number of ether oxygens (including phenoxy) is 1. The van der Waals surface area contributed by atoms with E-state index in [1.165, 1.54) is 0 Å². The van der Waals surface area contributed by atoms with Crippen LogP contribution in [0.1, 0.15) is 18.4 Å². The SMILES string of the molecule is Cc1ccc(NC(=O)C2CC2)cc1NC(=O)COCC(F)(F)F. The van der Waals surface area contributed by atoms with E-state index >= 15 is 0 Å². The molecule has 2 N–H and O–H groups in total. The second-order valence-corrected chi connectivity index (χ2v) is 5.45. The van der Waals surface area contributed by atoms with Gasteiger partial charge in [0.05, 0.1) is 0 Å². The summed E-state index contributed by atoms with van der Waals surface area (Å²) in [6, 6.07) is 4.97. The lowest BCUT2D eigenvalue weighted by molar-refractivity contribution is -0.174. The molecule has 0 radical (unpaired) electrons. The molecule has 0 atom stereocenters. The normalized spacial score (nSPS) is 14.4. The van der Waals surface area contributed by atoms with Crippen molar-refractivity contribution in [1.29, 1.82) is 0 Å². The maximum atomic E-state index is 11.9. The zero-order chi connectivity index (χ0) is 17.0. The topological polar surface area (TPSA) is 67.4 Å². The minimum absolute atomic E-state index is 0.0464. The summed E-state index contributed by atoms with van der Waals surface area (Å²) in [7, 11) is 0. The van der Waals surface area contributed by atoms with Crippen molar-refractivity contribution >= 4 is 23.2 Å². The summed E-state index contributed by atoms with van der Waals surface area (Å²) in [4.78, 5) is 23.3. The van der Waals surface area contributed by atoms with Crippen LogP contribution in [0.25, 0.3) is 0 Å². The Kier molecular flexibility index (Phi) is 5.25. The Morgan fingerprint density at radius 2 is 1.96 bits per heavy atom. The van der Waals surface area contributed by atoms with Crippen LogP contribution in [0.2, 0.25) is 0 Å². The van der Waals surface area contributed by atoms with Gasteiger partial charge in [-0.2, -0.15) is 13.2 Å². The fraction of sp³-hybridized carbons (Fsp3) is 0.467. The number of rotatable bonds is 6. The highest BCUT2D eigenvalue weighted by molar-refractivity contribution is 5.96. The van der Waals surface area contributed by atoms with Crippen LogP contribution in [0, 0.1) is 12.8 Å². The van der Waals surface area contributed by atoms with Crippen molar-refractivity contribution in [2.75, 3.05) is 23.8 Å². The van der Waals surface area contributed by atoms with Gasteiger partial charge >= 0.3 is 6.18 Å². The van der Waals surface area contributed by atoms with Gasteiger partial charge in [0, 0.05) is 17.3 Å². The number of hydrogen-bond acceptors (Lipinski definition) is 3. The summed E-state index contributed by atoms with van der Waals surface area (Å²) in [6.07, 6.45) is -2.72. The van der Waals surface area contributed by atoms with Gasteiger partial charge in [0.25, 0.3) is 0 Å². The van der Waals surface area contributed by atoms with Crippen molar-refractivity contribution in [2.24, 2.45) is 5.92 Å². The van der Waals surface area contributed by atoms with E-state index in [0.29, 0.717) is 11.4 Å². The lowest BCUT2D eigenvalue weighted by Gasteiger charge is -2.12. The molecule has 0 heterocycles. The van der Waals surface area contributed by atoms with Crippen molar-refractivity contribution in [3.05, 3.63) is 23.8 Å². The highest BCUT2D eigenvalue weighted by atomic mass is 19.4. The molecule has 2 amide bonds. The van der Waals surface area contributed by atoms with E-state index in [4.69, 9.17) is 0 Å². The fourth-order valence-electron chi connectivity index (χ4n) is 1.87. The van der Waals surface area contributed by atoms with Crippen molar-refractivity contribution in [3.63, 3.8) is 0 Å². The van der Waals surface area contributed by atoms with Gasteiger partial charge in [-0.3, -0.25) is 9.59 Å². The lowest BCUT2D eigenvalue weighted by atomic mass is 10.1. The van der Waals surface area contributed by atoms with Crippen LogP contribution in [-0.4, -0.2) is 31.2 Å². The van der Waals surface area contributed by atoms with Crippen LogP contribution in [0.5, 0.6) is 0 Å². The number of amides is 2. The molecule has 1 fully saturated rings. The Bertz CT molecular complexity index is 598. The Morgan fingerprint density at radius 1 is 1.26 bits per heavy atom. The number of hydrogen-bond donors (Lipinski definition) is 2. The molecule has 2 rings (SSSR count). The third kappa shape index (κ3) is 5.90. The minimum Gasteiger partial charge on any atom is -0.362 e. The van der Waals surface area contributed by atoms with E-state index in [9.17, 15) is 22.8 Å². The van der Waals surface area contributed by atoms with Gasteiger partial charge in [0.2, 0.25) is 11.8 Å². The zero-order valence-corrected chi connectivity index (χ0v) is 12.5. The van der Waals surface area contributed by atoms with Crippen LogP contribution in [0.15, 0.2) is 18.2 Å². The zero-order valence-electron chi connectivity index (χ0n) is 12.5. The Hall–Kier alpha value is -2.09. The van der Waals surface area contributed by atoms with Crippen molar-refractivity contribution in [1.82, 2.24) is 0 Å². The van der Waals surface area contributed by atoms with Crippen molar-refractivity contribution < 1.29 is 27.5 Å². The summed E-state index contributed by atoms with van der Waals surface area (Å²) >= 11 is 0. The van der Waals surface area contributed by atoms with Gasteiger partial charge in [0.15, 0.2) is 0 Å². The maximum absolute atomic E-state index is 11.9. The third-order valence-corrected chi connectivity index (χ3v) is 3.23. The second kappa shape index (κ2) is 6.99. The van der Waals surface area contributed by atoms with Gasteiger partial charge in [-0.15, -0.1) is 0 Å². The number of nitrogens with one attached hydrogen (secondary N) is 2. The molecule has 8 heteroatoms. The predicted octanol–water partition coefficient (Wildman–Crippen LogP) is 2.86. The largest absolute Gasteiger partial charge is 0.411 e. The molecule has 1 aliphatic rings. The first-order valence-electron chi connectivity index (χ1n) is 7.10. The molecule has 0 saturated heterocycles. The molecular weight excluding hydrogens is 313 g/mol. The van der Waals surface area contributed by atoms with E-state index in [1.54, 1.807) is 25.1 Å². The van der Waals surface area contributed by atoms with Gasteiger partial charge in [0.1, 0.15) is 13.2 Å². The van der Waals surface area contributed by atoms with E-state index in [1.807, 2.05) is 0 Å². The summed E-state index contributed by atoms with van der Waals surface area (Å²) < 4.78 is 40.1. The number of benzene rings is 1. The first kappa shape index (κ1) is 17.3. The number of carbonyl (C=O) groups is 2. The number of alkyl halides is 3. The molecule has 126 valence electrons. The molecule has 0 aromatic heterocycles. The number of carbonyl (C=O) groups excluding carboxylic acids is 2. The summed E-state index contributed by atoms with van der Waals surface area (Å²) in [5, 5.41) is 5.21. The summed E-state index contributed by atoms with van der Waals surface area (Å²) in [6.45, 7) is -0.437. The van der Waals surface area contributed by atoms with Gasteiger partial charge in [-0.05, 0) is 37.5 Å². The minimum atomic E-state index is -4.47. The van der Waals surface area contributed by atoms with Crippen LogP contribution >= 0.6 is 0 Å². The van der Waals surface area contributed by atoms with Crippen LogP contribution in [0.3, 0.4) is 0 Å². The molecule has 1 saturated carbocycles. The Balaban J connectivity index is 1.90. The maximum Gasteiger partial charge on any atom is 0.411 e. The second-order valence-electron chi connectivity index (χ2n) is 5.45. The Labute approximate surface area is 131 Å². The molecule has 23 heavy (non-hydrogen) atoms. The number of halogens is 3. The number of anilines is 2. The summed E-state index contributed by atoms with van der Waals surface area (Å²) in [5.41, 5.74) is 1.66. The van der Waals surface area contributed by atoms with Crippen LogP contribution in [0.4, 0.5) is 24.5 Å². The molecule has 0 bridgehead atoms. The van der Waals surface area contributed by atoms with Crippen molar-refractivity contribution in [2.45, 2.75) is 25.9 Å². The number of aryl methyl sites for hydroxylation is 1. The lowest BCUT2D eigenvalue weighted by Crippen LogP contribution is -2.24. The third-order valence-electron chi connectivity index (χ3n) is 3.23. The average Bonchev–Trinajstić information content (AvgIpc) is 3.25.